The summed E-state index contributed by atoms with van der Waals surface area (Å²) in [6.07, 6.45) is 7.04. The number of hydrogen-bond donors (Lipinski definition) is 0. The van der Waals surface area contributed by atoms with Crippen molar-refractivity contribution in [2.45, 2.75) is 63.9 Å². The number of anilines is 1. The van der Waals surface area contributed by atoms with Gasteiger partial charge < -0.3 is 0 Å². The van der Waals surface area contributed by atoms with E-state index in [0.29, 0.717) is 23.8 Å². The van der Waals surface area contributed by atoms with Crippen LogP contribution in [0.1, 0.15) is 59.7 Å². The fourth-order valence-electron chi connectivity index (χ4n) is 5.13. The Morgan fingerprint density at radius 1 is 1.13 bits per heavy atom. The van der Waals surface area contributed by atoms with Crippen LogP contribution in [0.25, 0.3) is 10.2 Å². The molecule has 0 aliphatic carbocycles. The molecule has 5 rings (SSSR count). The molecule has 1 amide bonds. The maximum absolute atomic E-state index is 13.9. The molecule has 1 fully saturated rings. The monoisotopic (exact) mass is 548 g/mol. The average molecular weight is 549 g/mol. The lowest BCUT2D eigenvalue weighted by molar-refractivity contribution is 0.0985. The van der Waals surface area contributed by atoms with Gasteiger partial charge in [0.2, 0.25) is 10.0 Å². The summed E-state index contributed by atoms with van der Waals surface area (Å²) in [4.78, 5) is 24.8. The van der Waals surface area contributed by atoms with Gasteiger partial charge in [0.15, 0.2) is 5.13 Å². The van der Waals surface area contributed by atoms with Crippen molar-refractivity contribution in [1.82, 2.24) is 14.3 Å². The summed E-state index contributed by atoms with van der Waals surface area (Å²) >= 11 is 1.48. The lowest BCUT2D eigenvalue weighted by atomic mass is 10.0. The highest BCUT2D eigenvalue weighted by molar-refractivity contribution is 7.89. The minimum atomic E-state index is -3.62. The van der Waals surface area contributed by atoms with Gasteiger partial charge in [-0.05, 0) is 86.2 Å². The molecule has 0 spiro atoms. The fourth-order valence-corrected chi connectivity index (χ4v) is 8.04. The molecule has 1 atom stereocenters. The minimum absolute atomic E-state index is 0.0242. The molecule has 7 nitrogen and oxygen atoms in total. The van der Waals surface area contributed by atoms with Crippen LogP contribution in [0.5, 0.6) is 0 Å². The van der Waals surface area contributed by atoms with E-state index in [1.165, 1.54) is 11.3 Å². The summed E-state index contributed by atoms with van der Waals surface area (Å²) in [5.41, 5.74) is 4.38. The molecule has 38 heavy (non-hydrogen) atoms. The molecule has 2 aromatic heterocycles. The predicted molar refractivity (Wildman–Crippen MR) is 152 cm³/mol. The molecule has 1 saturated heterocycles. The predicted octanol–water partition coefficient (Wildman–Crippen LogP) is 6.11. The van der Waals surface area contributed by atoms with Gasteiger partial charge in [-0.15, -0.1) is 0 Å². The van der Waals surface area contributed by atoms with E-state index in [-0.39, 0.29) is 16.8 Å². The van der Waals surface area contributed by atoms with Crippen molar-refractivity contribution in [2.75, 3.05) is 11.4 Å². The van der Waals surface area contributed by atoms with Gasteiger partial charge in [0.25, 0.3) is 5.91 Å². The van der Waals surface area contributed by atoms with Crippen LogP contribution in [0.2, 0.25) is 0 Å². The highest BCUT2D eigenvalue weighted by atomic mass is 32.2. The molecule has 1 aliphatic rings. The molecule has 198 valence electrons. The summed E-state index contributed by atoms with van der Waals surface area (Å²) < 4.78 is 29.5. The first-order valence-corrected chi connectivity index (χ1v) is 15.2. The number of rotatable bonds is 7. The van der Waals surface area contributed by atoms with Gasteiger partial charge in [0.1, 0.15) is 0 Å². The lowest BCUT2D eigenvalue weighted by Crippen LogP contribution is -2.43. The Labute approximate surface area is 228 Å². The standard InChI is InChI=1S/C29H32N4O3S2/c1-4-24-9-5-6-15-33(24)38(35,36)25-12-10-23(11-13-25)28(34)32(19-22-8-7-14-30-18-22)29-31-27-21(3)16-20(2)17-26(27)37-29/h7-8,10-14,16-18,24H,4-6,9,15,19H2,1-3H3. The molecule has 0 N–H and O–H groups in total. The summed E-state index contributed by atoms with van der Waals surface area (Å²) in [5.74, 6) is -0.240. The average Bonchev–Trinajstić information content (AvgIpc) is 3.36. The van der Waals surface area contributed by atoms with E-state index in [1.54, 1.807) is 45.9 Å². The zero-order valence-corrected chi connectivity index (χ0v) is 23.6. The number of amides is 1. The minimum Gasteiger partial charge on any atom is -0.279 e. The van der Waals surface area contributed by atoms with E-state index in [0.717, 1.165) is 52.6 Å². The van der Waals surface area contributed by atoms with E-state index in [1.807, 2.05) is 32.9 Å². The number of sulfonamides is 1. The van der Waals surface area contributed by atoms with Gasteiger partial charge in [-0.25, -0.2) is 13.4 Å². The van der Waals surface area contributed by atoms with Crippen molar-refractivity contribution in [1.29, 1.82) is 0 Å². The molecule has 3 heterocycles. The van der Waals surface area contributed by atoms with Gasteiger partial charge >= 0.3 is 0 Å². The first-order chi connectivity index (χ1) is 18.3. The van der Waals surface area contributed by atoms with Crippen LogP contribution in [0.15, 0.2) is 65.8 Å². The Morgan fingerprint density at radius 2 is 1.92 bits per heavy atom. The van der Waals surface area contributed by atoms with Crippen LogP contribution in [0.3, 0.4) is 0 Å². The highest BCUT2D eigenvalue weighted by Gasteiger charge is 2.32. The van der Waals surface area contributed by atoms with E-state index >= 15 is 0 Å². The van der Waals surface area contributed by atoms with Crippen molar-refractivity contribution in [3.8, 4) is 0 Å². The van der Waals surface area contributed by atoms with Crippen molar-refractivity contribution < 1.29 is 13.2 Å². The summed E-state index contributed by atoms with van der Waals surface area (Å²) in [6.45, 7) is 6.94. The van der Waals surface area contributed by atoms with Crippen molar-refractivity contribution in [2.24, 2.45) is 0 Å². The van der Waals surface area contributed by atoms with E-state index in [9.17, 15) is 13.2 Å². The molecule has 9 heteroatoms. The van der Waals surface area contributed by atoms with Crippen LogP contribution in [0, 0.1) is 13.8 Å². The zero-order chi connectivity index (χ0) is 26.9. The first-order valence-electron chi connectivity index (χ1n) is 13.0. The van der Waals surface area contributed by atoms with Crippen molar-refractivity contribution in [3.63, 3.8) is 0 Å². The third-order valence-electron chi connectivity index (χ3n) is 7.11. The molecule has 2 aromatic carbocycles. The third-order valence-corrected chi connectivity index (χ3v) is 10.1. The quantitative estimate of drug-likeness (QED) is 0.278. The van der Waals surface area contributed by atoms with Crippen molar-refractivity contribution in [3.05, 3.63) is 83.2 Å². The molecule has 4 aromatic rings. The highest BCUT2D eigenvalue weighted by Crippen LogP contribution is 2.34. The number of aromatic nitrogens is 2. The van der Waals surface area contributed by atoms with Crippen molar-refractivity contribution >= 4 is 42.6 Å². The Balaban J connectivity index is 1.48. The third kappa shape index (κ3) is 5.23. The number of aryl methyl sites for hydroxylation is 2. The molecular weight excluding hydrogens is 516 g/mol. The number of nitrogens with zero attached hydrogens (tertiary/aromatic N) is 4. The zero-order valence-electron chi connectivity index (χ0n) is 21.9. The van der Waals surface area contributed by atoms with Gasteiger partial charge in [-0.3, -0.25) is 14.7 Å². The van der Waals surface area contributed by atoms with Gasteiger partial charge in [0, 0.05) is 30.5 Å². The van der Waals surface area contributed by atoms with E-state index < -0.39 is 10.0 Å². The van der Waals surface area contributed by atoms with Crippen LogP contribution in [-0.4, -0.2) is 41.2 Å². The maximum Gasteiger partial charge on any atom is 0.260 e. The molecule has 0 radical (unpaired) electrons. The smallest absolute Gasteiger partial charge is 0.260 e. The van der Waals surface area contributed by atoms with Gasteiger partial charge in [0.05, 0.1) is 21.7 Å². The summed E-state index contributed by atoms with van der Waals surface area (Å²) in [6, 6.07) is 14.3. The maximum atomic E-state index is 13.9. The largest absolute Gasteiger partial charge is 0.279 e. The van der Waals surface area contributed by atoms with E-state index in [4.69, 9.17) is 4.98 Å². The number of carbonyl (C=O) groups is 1. The molecular formula is C29H32N4O3S2. The topological polar surface area (TPSA) is 83.5 Å². The SMILES string of the molecule is CCC1CCCCN1S(=O)(=O)c1ccc(C(=O)N(Cc2cccnc2)c2nc3c(C)cc(C)cc3s2)cc1. The Bertz CT molecular complexity index is 1550. The number of hydrogen-bond acceptors (Lipinski definition) is 6. The second-order valence-electron chi connectivity index (χ2n) is 9.88. The Morgan fingerprint density at radius 3 is 2.63 bits per heavy atom. The number of thiazole rings is 1. The molecule has 1 unspecified atom stereocenters. The molecule has 0 saturated carbocycles. The molecule has 0 bridgehead atoms. The number of pyridine rings is 1. The fraction of sp³-hybridized carbons (Fsp3) is 0.345. The summed E-state index contributed by atoms with van der Waals surface area (Å²) in [5, 5.41) is 0.596. The Kier molecular flexibility index (Phi) is 7.61. The van der Waals surface area contributed by atoms with Crippen LogP contribution >= 0.6 is 11.3 Å². The Hall–Kier alpha value is -3.14. The summed E-state index contributed by atoms with van der Waals surface area (Å²) in [7, 11) is -3.62. The number of carbonyl (C=O) groups excluding carboxylic acids is 1. The second kappa shape index (κ2) is 10.9. The first kappa shape index (κ1) is 26.5. The molecule has 1 aliphatic heterocycles. The number of benzene rings is 2. The van der Waals surface area contributed by atoms with E-state index in [2.05, 4.69) is 17.1 Å². The second-order valence-corrected chi connectivity index (χ2v) is 12.8. The normalized spacial score (nSPS) is 16.6. The van der Waals surface area contributed by atoms with Gasteiger partial charge in [-0.2, -0.15) is 4.31 Å². The number of piperidine rings is 1. The van der Waals surface area contributed by atoms with Crippen LogP contribution < -0.4 is 4.90 Å². The number of fused-ring (bicyclic) bond motifs is 1. The lowest BCUT2D eigenvalue weighted by Gasteiger charge is -2.34. The van der Waals surface area contributed by atoms with Crippen LogP contribution in [-0.2, 0) is 16.6 Å². The van der Waals surface area contributed by atoms with Crippen LogP contribution in [0.4, 0.5) is 5.13 Å². The van der Waals surface area contributed by atoms with Gasteiger partial charge in [-0.1, -0.05) is 36.8 Å².